The molecule has 0 aliphatic heterocycles. The molecule has 0 radical (unpaired) electrons. The van der Waals surface area contributed by atoms with Crippen LogP contribution in [0.1, 0.15) is 6.92 Å². The fourth-order valence-electron chi connectivity index (χ4n) is 1.41. The smallest absolute Gasteiger partial charge is 0.321 e. The highest BCUT2D eigenvalue weighted by molar-refractivity contribution is 8.02. The molecule has 2 rings (SSSR count). The van der Waals surface area contributed by atoms with E-state index in [1.807, 2.05) is 6.07 Å². The Morgan fingerprint density at radius 2 is 2.20 bits per heavy atom. The summed E-state index contributed by atoms with van der Waals surface area (Å²) in [6.07, 6.45) is 0. The molecule has 106 valence electrons. The zero-order valence-corrected chi connectivity index (χ0v) is 13.2. The van der Waals surface area contributed by atoms with Crippen LogP contribution in [0.15, 0.2) is 22.5 Å². The molecule has 3 amide bonds. The van der Waals surface area contributed by atoms with Crippen molar-refractivity contribution < 1.29 is 9.59 Å². The van der Waals surface area contributed by atoms with Crippen molar-refractivity contribution in [3.05, 3.63) is 23.2 Å². The van der Waals surface area contributed by atoms with E-state index in [4.69, 9.17) is 11.6 Å². The van der Waals surface area contributed by atoms with Crippen LogP contribution in [-0.2, 0) is 4.79 Å². The van der Waals surface area contributed by atoms with Crippen LogP contribution >= 0.6 is 34.7 Å². The number of thioether (sulfide) groups is 1. The Bertz CT molecular complexity index is 659. The molecule has 0 spiro atoms. The molecule has 0 aliphatic rings. The maximum absolute atomic E-state index is 11.7. The number of urea groups is 1. The number of thiazole rings is 1. The summed E-state index contributed by atoms with van der Waals surface area (Å²) in [6, 6.07) is 4.97. The molecular formula is C12H12ClN3O2S2. The zero-order chi connectivity index (χ0) is 14.7. The second kappa shape index (κ2) is 6.43. The van der Waals surface area contributed by atoms with Crippen LogP contribution in [0.5, 0.6) is 0 Å². The predicted molar refractivity (Wildman–Crippen MR) is 82.5 cm³/mol. The summed E-state index contributed by atoms with van der Waals surface area (Å²) >= 11 is 8.70. The van der Waals surface area contributed by atoms with Crippen molar-refractivity contribution in [1.82, 2.24) is 15.6 Å². The van der Waals surface area contributed by atoms with Gasteiger partial charge < -0.3 is 5.32 Å². The van der Waals surface area contributed by atoms with Crippen molar-refractivity contribution >= 4 is 56.9 Å². The minimum Gasteiger partial charge on any atom is -0.341 e. The lowest BCUT2D eigenvalue weighted by Gasteiger charge is -2.08. The lowest BCUT2D eigenvalue weighted by molar-refractivity contribution is -0.119. The van der Waals surface area contributed by atoms with E-state index in [1.54, 1.807) is 19.1 Å². The number of benzene rings is 1. The fourth-order valence-corrected chi connectivity index (χ4v) is 3.77. The lowest BCUT2D eigenvalue weighted by Crippen LogP contribution is -2.41. The van der Waals surface area contributed by atoms with Crippen molar-refractivity contribution in [1.29, 1.82) is 0 Å². The van der Waals surface area contributed by atoms with E-state index >= 15 is 0 Å². The monoisotopic (exact) mass is 329 g/mol. The first-order valence-electron chi connectivity index (χ1n) is 5.75. The third-order valence-corrected chi connectivity index (χ3v) is 4.91. The summed E-state index contributed by atoms with van der Waals surface area (Å²) in [6.45, 7) is 1.72. The molecule has 0 aliphatic carbocycles. The van der Waals surface area contributed by atoms with E-state index in [0.29, 0.717) is 5.02 Å². The van der Waals surface area contributed by atoms with E-state index in [-0.39, 0.29) is 5.91 Å². The van der Waals surface area contributed by atoms with Gasteiger partial charge in [-0.05, 0) is 25.1 Å². The Labute approximate surface area is 129 Å². The lowest BCUT2D eigenvalue weighted by atomic mass is 10.3. The molecule has 1 aromatic carbocycles. The van der Waals surface area contributed by atoms with Crippen molar-refractivity contribution in [3.8, 4) is 0 Å². The maximum atomic E-state index is 11.7. The number of amides is 3. The number of carbonyl (C=O) groups excluding carboxylic acids is 2. The third kappa shape index (κ3) is 3.62. The van der Waals surface area contributed by atoms with Crippen molar-refractivity contribution in [3.63, 3.8) is 0 Å². The number of halogens is 1. The van der Waals surface area contributed by atoms with Gasteiger partial charge >= 0.3 is 6.03 Å². The Morgan fingerprint density at radius 3 is 2.90 bits per heavy atom. The Balaban J connectivity index is 2.07. The van der Waals surface area contributed by atoms with Crippen LogP contribution in [0.2, 0.25) is 5.02 Å². The van der Waals surface area contributed by atoms with Gasteiger partial charge in [0, 0.05) is 12.1 Å². The number of hydrogen-bond donors (Lipinski definition) is 2. The second-order valence-corrected chi connectivity index (χ2v) is 6.98. The number of nitrogens with zero attached hydrogens (tertiary/aromatic N) is 1. The molecule has 0 saturated carbocycles. The van der Waals surface area contributed by atoms with Gasteiger partial charge in [0.05, 0.1) is 15.5 Å². The molecule has 1 heterocycles. The quantitative estimate of drug-likeness (QED) is 0.849. The zero-order valence-electron chi connectivity index (χ0n) is 10.8. The average Bonchev–Trinajstić information content (AvgIpc) is 2.79. The summed E-state index contributed by atoms with van der Waals surface area (Å²) in [7, 11) is 1.46. The van der Waals surface area contributed by atoms with Gasteiger partial charge in [0.25, 0.3) is 0 Å². The first-order valence-corrected chi connectivity index (χ1v) is 7.82. The number of imide groups is 1. The molecule has 2 aromatic rings. The van der Waals surface area contributed by atoms with Crippen LogP contribution in [0, 0.1) is 0 Å². The van der Waals surface area contributed by atoms with Gasteiger partial charge in [0.2, 0.25) is 5.91 Å². The number of nitrogens with one attached hydrogen (secondary N) is 2. The summed E-state index contributed by atoms with van der Waals surface area (Å²) in [4.78, 5) is 27.2. The minimum atomic E-state index is -0.515. The van der Waals surface area contributed by atoms with E-state index in [9.17, 15) is 9.59 Å². The highest BCUT2D eigenvalue weighted by atomic mass is 35.5. The Morgan fingerprint density at radius 1 is 1.45 bits per heavy atom. The first-order chi connectivity index (χ1) is 9.49. The van der Waals surface area contributed by atoms with E-state index in [1.165, 1.54) is 30.1 Å². The van der Waals surface area contributed by atoms with Gasteiger partial charge in [-0.15, -0.1) is 11.3 Å². The summed E-state index contributed by atoms with van der Waals surface area (Å²) < 4.78 is 1.78. The first kappa shape index (κ1) is 15.1. The van der Waals surface area contributed by atoms with Gasteiger partial charge in [0.1, 0.15) is 0 Å². The molecule has 1 unspecified atom stereocenters. The van der Waals surface area contributed by atoms with Crippen LogP contribution in [0.3, 0.4) is 0 Å². The van der Waals surface area contributed by atoms with Crippen LogP contribution in [0.25, 0.3) is 10.2 Å². The second-order valence-electron chi connectivity index (χ2n) is 3.92. The number of aromatic nitrogens is 1. The van der Waals surface area contributed by atoms with Crippen molar-refractivity contribution in [2.75, 3.05) is 7.05 Å². The molecule has 0 saturated heterocycles. The Hall–Kier alpha value is -1.31. The van der Waals surface area contributed by atoms with Crippen LogP contribution in [0.4, 0.5) is 4.79 Å². The largest absolute Gasteiger partial charge is 0.341 e. The summed E-state index contributed by atoms with van der Waals surface area (Å²) in [5.41, 5.74) is 0.809. The third-order valence-electron chi connectivity index (χ3n) is 2.44. The molecule has 20 heavy (non-hydrogen) atoms. The molecule has 1 aromatic heterocycles. The van der Waals surface area contributed by atoms with Gasteiger partial charge in [-0.3, -0.25) is 10.1 Å². The summed E-state index contributed by atoms with van der Waals surface area (Å²) in [5, 5.41) is 4.79. The minimum absolute atomic E-state index is 0.355. The summed E-state index contributed by atoms with van der Waals surface area (Å²) in [5.74, 6) is -0.355. The standard InChI is InChI=1S/C12H12ClN3O2S2/c1-6(10(17)16-11(18)14-2)19-12-15-8-5-7(13)3-4-9(8)20-12/h3-6H,1-2H3,(H2,14,16,17,18). The number of fused-ring (bicyclic) bond motifs is 1. The maximum Gasteiger partial charge on any atom is 0.321 e. The van der Waals surface area contributed by atoms with Crippen molar-refractivity contribution in [2.45, 2.75) is 16.5 Å². The van der Waals surface area contributed by atoms with Gasteiger partial charge in [-0.2, -0.15) is 0 Å². The predicted octanol–water partition coefficient (Wildman–Crippen LogP) is 2.89. The molecule has 1 atom stereocenters. The van der Waals surface area contributed by atoms with Gasteiger partial charge in [-0.1, -0.05) is 23.4 Å². The number of carbonyl (C=O) groups is 2. The average molecular weight is 330 g/mol. The van der Waals surface area contributed by atoms with E-state index in [0.717, 1.165) is 14.6 Å². The molecule has 5 nitrogen and oxygen atoms in total. The normalized spacial score (nSPS) is 12.2. The SMILES string of the molecule is CNC(=O)NC(=O)C(C)Sc1nc2cc(Cl)ccc2s1. The molecule has 2 N–H and O–H groups in total. The molecule has 0 fully saturated rings. The molecule has 0 bridgehead atoms. The van der Waals surface area contributed by atoms with E-state index < -0.39 is 11.3 Å². The van der Waals surface area contributed by atoms with Crippen molar-refractivity contribution in [2.24, 2.45) is 0 Å². The topological polar surface area (TPSA) is 71.1 Å². The highest BCUT2D eigenvalue weighted by Crippen LogP contribution is 2.33. The number of rotatable bonds is 3. The van der Waals surface area contributed by atoms with Crippen LogP contribution < -0.4 is 10.6 Å². The fraction of sp³-hybridized carbons (Fsp3) is 0.250. The highest BCUT2D eigenvalue weighted by Gasteiger charge is 2.18. The molecule has 8 heteroatoms. The van der Waals surface area contributed by atoms with Gasteiger partial charge in [0.15, 0.2) is 4.34 Å². The molecular weight excluding hydrogens is 318 g/mol. The van der Waals surface area contributed by atoms with Crippen LogP contribution in [-0.4, -0.2) is 29.2 Å². The Kier molecular flexibility index (Phi) is 4.85. The van der Waals surface area contributed by atoms with E-state index in [2.05, 4.69) is 15.6 Å². The van der Waals surface area contributed by atoms with Gasteiger partial charge in [-0.25, -0.2) is 9.78 Å². The number of hydrogen-bond acceptors (Lipinski definition) is 5.